The number of benzene rings is 2. The summed E-state index contributed by atoms with van der Waals surface area (Å²) in [6.07, 6.45) is 1.76. The lowest BCUT2D eigenvalue weighted by atomic mass is 10.2. The fourth-order valence-electron chi connectivity index (χ4n) is 1.89. The molecule has 0 bridgehead atoms. The molecule has 0 fully saturated rings. The van der Waals surface area contributed by atoms with Crippen molar-refractivity contribution >= 4 is 23.6 Å². The highest BCUT2D eigenvalue weighted by Crippen LogP contribution is 2.10. The van der Waals surface area contributed by atoms with Crippen LogP contribution in [0.1, 0.15) is 18.1 Å². The second kappa shape index (κ2) is 8.06. The van der Waals surface area contributed by atoms with E-state index >= 15 is 0 Å². The molecule has 2 aromatic rings. The first kappa shape index (κ1) is 17.4. The summed E-state index contributed by atoms with van der Waals surface area (Å²) < 4.78 is 17.8. The number of esters is 1. The molecule has 1 atom stereocenters. The van der Waals surface area contributed by atoms with Gasteiger partial charge in [0.1, 0.15) is 5.82 Å². The Labute approximate surface area is 140 Å². The lowest BCUT2D eigenvalue weighted by Crippen LogP contribution is -2.29. The van der Waals surface area contributed by atoms with Crippen LogP contribution in [0.15, 0.2) is 54.6 Å². The van der Waals surface area contributed by atoms with Gasteiger partial charge in [0.25, 0.3) is 5.91 Å². The third-order valence-corrected chi connectivity index (χ3v) is 3.26. The third kappa shape index (κ3) is 5.35. The van der Waals surface area contributed by atoms with Crippen LogP contribution in [0.4, 0.5) is 10.1 Å². The van der Waals surface area contributed by atoms with Crippen molar-refractivity contribution in [2.45, 2.75) is 20.0 Å². The molecule has 4 nitrogen and oxygen atoms in total. The quantitative estimate of drug-likeness (QED) is 0.673. The van der Waals surface area contributed by atoms with E-state index in [0.717, 1.165) is 5.56 Å². The molecular weight excluding hydrogens is 309 g/mol. The molecule has 1 amide bonds. The van der Waals surface area contributed by atoms with Gasteiger partial charge < -0.3 is 10.1 Å². The van der Waals surface area contributed by atoms with Crippen molar-refractivity contribution in [2.75, 3.05) is 5.32 Å². The number of rotatable bonds is 5. The molecule has 0 radical (unpaired) electrons. The standard InChI is InChI=1S/C19H18FNO3/c1-13-3-10-17(11-4-13)21-19(23)14(2)24-18(22)12-7-15-5-8-16(20)9-6-15/h3-12,14H,1-2H3,(H,21,23)/b12-7+/t14-/m1/s1. The van der Waals surface area contributed by atoms with Crippen LogP contribution in [-0.2, 0) is 14.3 Å². The molecule has 0 saturated carbocycles. The number of amides is 1. The zero-order valence-electron chi connectivity index (χ0n) is 13.5. The zero-order chi connectivity index (χ0) is 17.5. The van der Waals surface area contributed by atoms with E-state index in [0.29, 0.717) is 11.3 Å². The van der Waals surface area contributed by atoms with Gasteiger partial charge in [-0.05, 0) is 49.8 Å². The topological polar surface area (TPSA) is 55.4 Å². The van der Waals surface area contributed by atoms with E-state index in [4.69, 9.17) is 4.74 Å². The minimum Gasteiger partial charge on any atom is -0.449 e. The lowest BCUT2D eigenvalue weighted by Gasteiger charge is -2.12. The van der Waals surface area contributed by atoms with Crippen LogP contribution in [0.3, 0.4) is 0 Å². The van der Waals surface area contributed by atoms with Crippen molar-refractivity contribution in [1.82, 2.24) is 0 Å². The molecule has 1 N–H and O–H groups in total. The molecule has 124 valence electrons. The molecule has 0 spiro atoms. The van der Waals surface area contributed by atoms with Crippen molar-refractivity contribution in [3.05, 3.63) is 71.6 Å². The first-order valence-corrected chi connectivity index (χ1v) is 7.46. The maximum absolute atomic E-state index is 12.8. The van der Waals surface area contributed by atoms with Gasteiger partial charge in [0, 0.05) is 11.8 Å². The maximum Gasteiger partial charge on any atom is 0.331 e. The van der Waals surface area contributed by atoms with Gasteiger partial charge in [-0.25, -0.2) is 9.18 Å². The first-order chi connectivity index (χ1) is 11.4. The van der Waals surface area contributed by atoms with Gasteiger partial charge in [-0.2, -0.15) is 0 Å². The van der Waals surface area contributed by atoms with E-state index in [9.17, 15) is 14.0 Å². The monoisotopic (exact) mass is 327 g/mol. The van der Waals surface area contributed by atoms with Gasteiger partial charge in [-0.3, -0.25) is 4.79 Å². The summed E-state index contributed by atoms with van der Waals surface area (Å²) in [4.78, 5) is 23.7. The SMILES string of the molecule is Cc1ccc(NC(=O)[C@@H](C)OC(=O)/C=C/c2ccc(F)cc2)cc1. The zero-order valence-corrected chi connectivity index (χ0v) is 13.5. The number of carbonyl (C=O) groups excluding carboxylic acids is 2. The van der Waals surface area contributed by atoms with Crippen LogP contribution in [0.2, 0.25) is 0 Å². The highest BCUT2D eigenvalue weighted by atomic mass is 19.1. The largest absolute Gasteiger partial charge is 0.449 e. The molecule has 0 aromatic heterocycles. The number of anilines is 1. The number of nitrogens with one attached hydrogen (secondary N) is 1. The molecule has 0 saturated heterocycles. The number of hydrogen-bond acceptors (Lipinski definition) is 3. The van der Waals surface area contributed by atoms with E-state index in [1.807, 2.05) is 19.1 Å². The fraction of sp³-hybridized carbons (Fsp3) is 0.158. The molecule has 24 heavy (non-hydrogen) atoms. The number of ether oxygens (including phenoxy) is 1. The molecule has 0 aliphatic carbocycles. The van der Waals surface area contributed by atoms with Crippen LogP contribution >= 0.6 is 0 Å². The molecule has 2 rings (SSSR count). The Bertz CT molecular complexity index is 736. The summed E-state index contributed by atoms with van der Waals surface area (Å²) in [5.74, 6) is -1.41. The van der Waals surface area contributed by atoms with E-state index in [-0.39, 0.29) is 5.82 Å². The second-order valence-corrected chi connectivity index (χ2v) is 5.32. The van der Waals surface area contributed by atoms with Crippen LogP contribution in [-0.4, -0.2) is 18.0 Å². The molecule has 0 aliphatic rings. The van der Waals surface area contributed by atoms with Crippen molar-refractivity contribution < 1.29 is 18.7 Å². The number of carbonyl (C=O) groups is 2. The highest BCUT2D eigenvalue weighted by Gasteiger charge is 2.16. The second-order valence-electron chi connectivity index (χ2n) is 5.32. The van der Waals surface area contributed by atoms with Gasteiger partial charge in [0.2, 0.25) is 0 Å². The Balaban J connectivity index is 1.87. The van der Waals surface area contributed by atoms with Crippen molar-refractivity contribution in [3.8, 4) is 0 Å². The van der Waals surface area contributed by atoms with Crippen molar-refractivity contribution in [1.29, 1.82) is 0 Å². The van der Waals surface area contributed by atoms with Crippen LogP contribution in [0.5, 0.6) is 0 Å². The molecule has 0 aliphatic heterocycles. The smallest absolute Gasteiger partial charge is 0.331 e. The summed E-state index contributed by atoms with van der Waals surface area (Å²) in [6, 6.07) is 13.0. The fourth-order valence-corrected chi connectivity index (χ4v) is 1.89. The van der Waals surface area contributed by atoms with Gasteiger partial charge in [0.15, 0.2) is 6.10 Å². The summed E-state index contributed by atoms with van der Waals surface area (Å²) in [6.45, 7) is 3.44. The molecule has 2 aromatic carbocycles. The summed E-state index contributed by atoms with van der Waals surface area (Å²) in [7, 11) is 0. The van der Waals surface area contributed by atoms with Crippen LogP contribution < -0.4 is 5.32 Å². The first-order valence-electron chi connectivity index (χ1n) is 7.46. The summed E-state index contributed by atoms with van der Waals surface area (Å²) in [5.41, 5.74) is 2.37. The maximum atomic E-state index is 12.8. The van der Waals surface area contributed by atoms with Crippen molar-refractivity contribution in [2.24, 2.45) is 0 Å². The Kier molecular flexibility index (Phi) is 5.84. The average molecular weight is 327 g/mol. The predicted molar refractivity (Wildman–Crippen MR) is 90.8 cm³/mol. The number of halogens is 1. The molecule has 5 heteroatoms. The number of aryl methyl sites for hydroxylation is 1. The van der Waals surface area contributed by atoms with Crippen LogP contribution in [0, 0.1) is 12.7 Å². The van der Waals surface area contributed by atoms with Gasteiger partial charge in [-0.1, -0.05) is 29.8 Å². The van der Waals surface area contributed by atoms with Crippen molar-refractivity contribution in [3.63, 3.8) is 0 Å². The minimum atomic E-state index is -0.934. The highest BCUT2D eigenvalue weighted by molar-refractivity contribution is 5.96. The van der Waals surface area contributed by atoms with E-state index < -0.39 is 18.0 Å². The third-order valence-electron chi connectivity index (χ3n) is 3.26. The normalized spacial score (nSPS) is 12.0. The summed E-state index contributed by atoms with van der Waals surface area (Å²) >= 11 is 0. The van der Waals surface area contributed by atoms with Gasteiger partial charge >= 0.3 is 5.97 Å². The molecule has 0 unspecified atom stereocenters. The Morgan fingerprint density at radius 3 is 2.33 bits per heavy atom. The molecule has 0 heterocycles. The van der Waals surface area contributed by atoms with E-state index in [1.165, 1.54) is 43.3 Å². The van der Waals surface area contributed by atoms with Gasteiger partial charge in [-0.15, -0.1) is 0 Å². The summed E-state index contributed by atoms with van der Waals surface area (Å²) in [5, 5.41) is 2.67. The number of hydrogen-bond donors (Lipinski definition) is 1. The van der Waals surface area contributed by atoms with E-state index in [2.05, 4.69) is 5.32 Å². The Hall–Kier alpha value is -2.95. The van der Waals surface area contributed by atoms with Gasteiger partial charge in [0.05, 0.1) is 0 Å². The minimum absolute atomic E-state index is 0.351. The van der Waals surface area contributed by atoms with Crippen LogP contribution in [0.25, 0.3) is 6.08 Å². The Morgan fingerprint density at radius 1 is 1.08 bits per heavy atom. The lowest BCUT2D eigenvalue weighted by molar-refractivity contribution is -0.148. The van der Waals surface area contributed by atoms with E-state index in [1.54, 1.807) is 12.1 Å². The predicted octanol–water partition coefficient (Wildman–Crippen LogP) is 3.72. The Morgan fingerprint density at radius 2 is 1.71 bits per heavy atom. The molecular formula is C19H18FNO3. The average Bonchev–Trinajstić information content (AvgIpc) is 2.56.